The van der Waals surface area contributed by atoms with Crippen LogP contribution in [0.1, 0.15) is 32.1 Å². The molecule has 0 spiro atoms. The molecule has 1 N–H and O–H groups in total. The summed E-state index contributed by atoms with van der Waals surface area (Å²) in [5.74, 6) is 4.20. The van der Waals surface area contributed by atoms with Crippen molar-refractivity contribution in [2.45, 2.75) is 38.1 Å². The van der Waals surface area contributed by atoms with Gasteiger partial charge in [-0.2, -0.15) is 0 Å². The molecule has 4 bridgehead atoms. The van der Waals surface area contributed by atoms with Crippen LogP contribution in [0, 0.1) is 23.7 Å². The highest BCUT2D eigenvalue weighted by Gasteiger charge is 2.49. The van der Waals surface area contributed by atoms with E-state index in [0.29, 0.717) is 0 Å². The molecule has 0 aromatic carbocycles. The smallest absolute Gasteiger partial charge is 0.0297 e. The Bertz CT molecular complexity index is 198. The number of hydrogen-bond acceptors (Lipinski definition) is 2. The Kier molecular flexibility index (Phi) is 2.10. The van der Waals surface area contributed by atoms with Crippen LogP contribution in [0.2, 0.25) is 0 Å². The van der Waals surface area contributed by atoms with Gasteiger partial charge in [0.2, 0.25) is 0 Å². The molecule has 0 atom stereocenters. The second-order valence-electron chi connectivity index (χ2n) is 5.76. The van der Waals surface area contributed by atoms with Crippen molar-refractivity contribution in [3.05, 3.63) is 0 Å². The Balaban J connectivity index is 1.81. The van der Waals surface area contributed by atoms with E-state index in [-0.39, 0.29) is 0 Å². The fourth-order valence-electron chi connectivity index (χ4n) is 4.68. The fourth-order valence-corrected chi connectivity index (χ4v) is 4.68. The lowest BCUT2D eigenvalue weighted by Gasteiger charge is -2.56. The molecule has 0 saturated heterocycles. The number of rotatable bonds is 2. The molecule has 4 aliphatic carbocycles. The summed E-state index contributed by atoms with van der Waals surface area (Å²) < 4.78 is 0. The van der Waals surface area contributed by atoms with Gasteiger partial charge in [-0.05, 0) is 62.8 Å². The van der Waals surface area contributed by atoms with Crippen LogP contribution >= 0.6 is 0 Å². The van der Waals surface area contributed by atoms with Gasteiger partial charge in [0.15, 0.2) is 0 Å². The van der Waals surface area contributed by atoms with E-state index in [0.717, 1.165) is 29.7 Å². The molecule has 80 valence electrons. The Morgan fingerprint density at radius 1 is 0.929 bits per heavy atom. The molecule has 0 amide bonds. The fraction of sp³-hybridized carbons (Fsp3) is 1.00. The van der Waals surface area contributed by atoms with Crippen molar-refractivity contribution in [3.63, 3.8) is 0 Å². The normalized spacial score (nSPS) is 50.4. The average molecular weight is 194 g/mol. The third-order valence-corrected chi connectivity index (χ3v) is 4.98. The Labute approximate surface area is 87.0 Å². The Morgan fingerprint density at radius 3 is 1.86 bits per heavy atom. The lowest BCUT2D eigenvalue weighted by Crippen LogP contribution is -2.57. The lowest BCUT2D eigenvalue weighted by molar-refractivity contribution is -0.0701. The molecule has 0 aromatic heterocycles. The van der Waals surface area contributed by atoms with Crippen molar-refractivity contribution >= 4 is 0 Å². The highest BCUT2D eigenvalue weighted by molar-refractivity contribution is 5.01. The summed E-state index contributed by atoms with van der Waals surface area (Å²) in [6.45, 7) is 0. The number of nitrogens with one attached hydrogen (secondary N) is 1. The van der Waals surface area contributed by atoms with E-state index < -0.39 is 0 Å². The Hall–Kier alpha value is -0.0800. The van der Waals surface area contributed by atoms with Gasteiger partial charge in [0.05, 0.1) is 0 Å². The second-order valence-corrected chi connectivity index (χ2v) is 5.76. The minimum absolute atomic E-state index is 0.841. The first-order chi connectivity index (χ1) is 6.78. The molecule has 0 heterocycles. The molecule has 4 rings (SSSR count). The van der Waals surface area contributed by atoms with Crippen molar-refractivity contribution in [1.82, 2.24) is 10.4 Å². The molecule has 0 radical (unpaired) electrons. The zero-order chi connectivity index (χ0) is 9.71. The van der Waals surface area contributed by atoms with E-state index in [1.165, 1.54) is 25.7 Å². The van der Waals surface area contributed by atoms with Crippen molar-refractivity contribution in [2.75, 3.05) is 14.1 Å². The van der Waals surface area contributed by atoms with E-state index in [2.05, 4.69) is 24.5 Å². The van der Waals surface area contributed by atoms with Crippen LogP contribution in [0.4, 0.5) is 0 Å². The highest BCUT2D eigenvalue weighted by Crippen LogP contribution is 2.54. The SMILES string of the molecule is CNN(C)C1C2CC3CC(C2)CC1C3. The first kappa shape index (κ1) is 9.17. The predicted octanol–water partition coefficient (Wildman–Crippen LogP) is 1.88. The molecule has 2 heteroatoms. The maximum absolute atomic E-state index is 3.33. The molecule has 0 aliphatic heterocycles. The highest BCUT2D eigenvalue weighted by atomic mass is 15.5. The standard InChI is InChI=1S/C12H22N2/c1-13-14(2)12-10-4-8-3-9(6-10)7-11(12)5-8/h8-13H,3-7H2,1-2H3. The summed E-state index contributed by atoms with van der Waals surface area (Å²) in [7, 11) is 4.29. The monoisotopic (exact) mass is 194 g/mol. The first-order valence-corrected chi connectivity index (χ1v) is 6.18. The molecular formula is C12H22N2. The molecular weight excluding hydrogens is 172 g/mol. The van der Waals surface area contributed by atoms with Crippen LogP contribution in [0.25, 0.3) is 0 Å². The number of nitrogens with zero attached hydrogens (tertiary/aromatic N) is 1. The van der Waals surface area contributed by atoms with E-state index in [9.17, 15) is 0 Å². The van der Waals surface area contributed by atoms with E-state index >= 15 is 0 Å². The maximum atomic E-state index is 3.33. The number of hydrazine groups is 1. The molecule has 14 heavy (non-hydrogen) atoms. The zero-order valence-electron chi connectivity index (χ0n) is 9.37. The third kappa shape index (κ3) is 1.24. The molecule has 4 aliphatic rings. The van der Waals surface area contributed by atoms with E-state index in [1.807, 2.05) is 0 Å². The lowest BCUT2D eigenvalue weighted by atomic mass is 9.54. The van der Waals surface area contributed by atoms with Gasteiger partial charge in [0, 0.05) is 13.1 Å². The van der Waals surface area contributed by atoms with Crippen LogP contribution in [0.3, 0.4) is 0 Å². The number of hydrogen-bond donors (Lipinski definition) is 1. The minimum atomic E-state index is 0.841. The first-order valence-electron chi connectivity index (χ1n) is 6.18. The topological polar surface area (TPSA) is 15.3 Å². The minimum Gasteiger partial charge on any atom is -0.258 e. The zero-order valence-corrected chi connectivity index (χ0v) is 9.37. The van der Waals surface area contributed by atoms with Crippen LogP contribution in [-0.2, 0) is 0 Å². The quantitative estimate of drug-likeness (QED) is 0.675. The Morgan fingerprint density at radius 2 is 1.43 bits per heavy atom. The largest absolute Gasteiger partial charge is 0.258 e. The van der Waals surface area contributed by atoms with E-state index in [4.69, 9.17) is 0 Å². The molecule has 0 aromatic rings. The van der Waals surface area contributed by atoms with Crippen LogP contribution in [-0.4, -0.2) is 25.1 Å². The average Bonchev–Trinajstić information content (AvgIpc) is 2.15. The summed E-state index contributed by atoms with van der Waals surface area (Å²) in [5.41, 5.74) is 3.33. The third-order valence-electron chi connectivity index (χ3n) is 4.98. The molecule has 0 unspecified atom stereocenters. The van der Waals surface area contributed by atoms with Crippen LogP contribution in [0.15, 0.2) is 0 Å². The van der Waals surface area contributed by atoms with Crippen molar-refractivity contribution < 1.29 is 0 Å². The summed E-state index contributed by atoms with van der Waals surface area (Å²) in [5, 5.41) is 2.38. The van der Waals surface area contributed by atoms with Gasteiger partial charge in [-0.3, -0.25) is 5.43 Å². The van der Waals surface area contributed by atoms with Gasteiger partial charge >= 0.3 is 0 Å². The van der Waals surface area contributed by atoms with Gasteiger partial charge in [-0.25, -0.2) is 5.01 Å². The summed E-state index contributed by atoms with van der Waals surface area (Å²) in [6.07, 6.45) is 7.63. The maximum Gasteiger partial charge on any atom is 0.0297 e. The second kappa shape index (κ2) is 3.21. The van der Waals surface area contributed by atoms with Crippen LogP contribution < -0.4 is 5.43 Å². The summed E-state index contributed by atoms with van der Waals surface area (Å²) in [6, 6.07) is 0.841. The van der Waals surface area contributed by atoms with Crippen LogP contribution in [0.5, 0.6) is 0 Å². The molecule has 4 saturated carbocycles. The van der Waals surface area contributed by atoms with Crippen molar-refractivity contribution in [1.29, 1.82) is 0 Å². The van der Waals surface area contributed by atoms with Gasteiger partial charge in [-0.15, -0.1) is 0 Å². The van der Waals surface area contributed by atoms with E-state index in [1.54, 1.807) is 6.42 Å². The predicted molar refractivity (Wildman–Crippen MR) is 57.7 cm³/mol. The van der Waals surface area contributed by atoms with Gasteiger partial charge < -0.3 is 0 Å². The van der Waals surface area contributed by atoms with Crippen molar-refractivity contribution in [2.24, 2.45) is 23.7 Å². The van der Waals surface area contributed by atoms with Gasteiger partial charge in [-0.1, -0.05) is 0 Å². The molecule has 2 nitrogen and oxygen atoms in total. The van der Waals surface area contributed by atoms with Crippen molar-refractivity contribution in [3.8, 4) is 0 Å². The molecule has 4 fully saturated rings. The summed E-state index contributed by atoms with van der Waals surface area (Å²) in [4.78, 5) is 0. The summed E-state index contributed by atoms with van der Waals surface area (Å²) >= 11 is 0. The van der Waals surface area contributed by atoms with Gasteiger partial charge in [0.1, 0.15) is 0 Å². The van der Waals surface area contributed by atoms with Gasteiger partial charge in [0.25, 0.3) is 0 Å².